The SMILES string of the molecule is c1ccc(-c2cccc3c2oc2c(-c4ccccc4-c4cccc5c4oc4c6ccccc6n(-c6ccccc6)c54)cccc23)cc1. The van der Waals surface area contributed by atoms with Crippen molar-refractivity contribution in [2.45, 2.75) is 0 Å². The Balaban J connectivity index is 1.23. The minimum atomic E-state index is 0.878. The molecule has 3 heterocycles. The fourth-order valence-electron chi connectivity index (χ4n) is 7.38. The molecule has 0 N–H and O–H groups in total. The highest BCUT2D eigenvalue weighted by molar-refractivity contribution is 6.19. The molecule has 0 radical (unpaired) electrons. The lowest BCUT2D eigenvalue weighted by atomic mass is 9.92. The zero-order valence-electron chi connectivity index (χ0n) is 25.4. The summed E-state index contributed by atoms with van der Waals surface area (Å²) in [4.78, 5) is 0. The number of fused-ring (bicyclic) bond motifs is 8. The van der Waals surface area contributed by atoms with Crippen LogP contribution in [-0.2, 0) is 0 Å². The highest BCUT2D eigenvalue weighted by Crippen LogP contribution is 2.46. The van der Waals surface area contributed by atoms with E-state index in [1.807, 2.05) is 6.07 Å². The van der Waals surface area contributed by atoms with Crippen molar-refractivity contribution in [2.75, 3.05) is 0 Å². The van der Waals surface area contributed by atoms with Crippen LogP contribution in [0.4, 0.5) is 0 Å². The van der Waals surface area contributed by atoms with Crippen molar-refractivity contribution in [3.05, 3.63) is 164 Å². The molecule has 0 unspecified atom stereocenters. The van der Waals surface area contributed by atoms with E-state index in [1.54, 1.807) is 0 Å². The van der Waals surface area contributed by atoms with Gasteiger partial charge >= 0.3 is 0 Å². The molecule has 0 fully saturated rings. The molecule has 0 aliphatic carbocycles. The van der Waals surface area contributed by atoms with Crippen molar-refractivity contribution in [1.29, 1.82) is 0 Å². The third-order valence-electron chi connectivity index (χ3n) is 9.43. The number of hydrogen-bond donors (Lipinski definition) is 0. The van der Waals surface area contributed by atoms with Gasteiger partial charge in [-0.1, -0.05) is 133 Å². The first-order valence-electron chi connectivity index (χ1n) is 15.9. The Morgan fingerprint density at radius 3 is 1.49 bits per heavy atom. The van der Waals surface area contributed by atoms with Crippen molar-refractivity contribution in [1.82, 2.24) is 4.57 Å². The summed E-state index contributed by atoms with van der Waals surface area (Å²) >= 11 is 0. The molecule has 3 aromatic heterocycles. The zero-order valence-corrected chi connectivity index (χ0v) is 25.4. The van der Waals surface area contributed by atoms with Crippen LogP contribution < -0.4 is 0 Å². The molecule has 0 atom stereocenters. The van der Waals surface area contributed by atoms with Gasteiger partial charge in [0, 0.05) is 43.9 Å². The Morgan fingerprint density at radius 1 is 0.319 bits per heavy atom. The molecule has 0 amide bonds. The molecule has 0 saturated heterocycles. The third kappa shape index (κ3) is 3.81. The molecule has 0 aliphatic rings. The molecule has 10 aromatic rings. The van der Waals surface area contributed by atoms with Gasteiger partial charge in [0.05, 0.1) is 5.52 Å². The largest absolute Gasteiger partial charge is 0.455 e. The molecule has 7 aromatic carbocycles. The van der Waals surface area contributed by atoms with E-state index < -0.39 is 0 Å². The van der Waals surface area contributed by atoms with Crippen LogP contribution >= 0.6 is 0 Å². The quantitative estimate of drug-likeness (QED) is 0.201. The third-order valence-corrected chi connectivity index (χ3v) is 9.43. The van der Waals surface area contributed by atoms with E-state index in [2.05, 4.69) is 162 Å². The maximum atomic E-state index is 6.90. The first-order chi connectivity index (χ1) is 23.3. The number of hydrogen-bond acceptors (Lipinski definition) is 2. The predicted octanol–water partition coefficient (Wildman–Crippen LogP) is 12.4. The van der Waals surface area contributed by atoms with Crippen LogP contribution in [0.2, 0.25) is 0 Å². The van der Waals surface area contributed by atoms with Gasteiger partial charge in [0.25, 0.3) is 0 Å². The lowest BCUT2D eigenvalue weighted by Crippen LogP contribution is -1.93. The lowest BCUT2D eigenvalue weighted by Gasteiger charge is -2.12. The van der Waals surface area contributed by atoms with Crippen molar-refractivity contribution in [2.24, 2.45) is 0 Å². The number of benzene rings is 7. The Kier molecular flexibility index (Phi) is 5.57. The van der Waals surface area contributed by atoms with Crippen LogP contribution in [0.25, 0.3) is 94.0 Å². The summed E-state index contributed by atoms with van der Waals surface area (Å²) in [7, 11) is 0. The van der Waals surface area contributed by atoms with E-state index in [4.69, 9.17) is 8.83 Å². The highest BCUT2D eigenvalue weighted by Gasteiger charge is 2.23. The van der Waals surface area contributed by atoms with E-state index in [0.29, 0.717) is 0 Å². The topological polar surface area (TPSA) is 31.2 Å². The number of para-hydroxylation sites is 5. The summed E-state index contributed by atoms with van der Waals surface area (Å²) in [6, 6.07) is 57.4. The van der Waals surface area contributed by atoms with Gasteiger partial charge in [-0.2, -0.15) is 0 Å². The number of rotatable bonds is 4. The second-order valence-corrected chi connectivity index (χ2v) is 12.0. The molecule has 47 heavy (non-hydrogen) atoms. The summed E-state index contributed by atoms with van der Waals surface area (Å²) in [5.41, 5.74) is 13.4. The first kappa shape index (κ1) is 26.0. The average Bonchev–Trinajstić information content (AvgIpc) is 3.81. The van der Waals surface area contributed by atoms with E-state index in [9.17, 15) is 0 Å². The molecule has 10 rings (SSSR count). The van der Waals surface area contributed by atoms with Crippen LogP contribution in [0.5, 0.6) is 0 Å². The van der Waals surface area contributed by atoms with Gasteiger partial charge in [-0.3, -0.25) is 0 Å². The summed E-state index contributed by atoms with van der Waals surface area (Å²) in [6.45, 7) is 0. The van der Waals surface area contributed by atoms with Crippen LogP contribution in [0.1, 0.15) is 0 Å². The smallest absolute Gasteiger partial charge is 0.161 e. The average molecular weight is 602 g/mol. The van der Waals surface area contributed by atoms with E-state index in [1.165, 1.54) is 0 Å². The number of furan rings is 2. The van der Waals surface area contributed by atoms with Crippen LogP contribution in [0.15, 0.2) is 173 Å². The van der Waals surface area contributed by atoms with E-state index >= 15 is 0 Å². The standard InChI is InChI=1S/C44H27NO2/c1-3-14-28(15-4-1)30-21-11-24-35-36-25-12-22-33(42(36)46-41(30)35)31-18-7-8-19-32(31)34-23-13-26-38-40-44(47-43(34)38)37-20-9-10-27-39(37)45(40)29-16-5-2-6-17-29/h1-27H. The Morgan fingerprint density at radius 2 is 0.787 bits per heavy atom. The van der Waals surface area contributed by atoms with Gasteiger partial charge < -0.3 is 13.4 Å². The second kappa shape index (κ2) is 10.1. The zero-order chi connectivity index (χ0) is 30.9. The molecule has 3 heteroatoms. The van der Waals surface area contributed by atoms with E-state index in [0.717, 1.165) is 94.0 Å². The maximum absolute atomic E-state index is 6.90. The molecule has 0 bridgehead atoms. The van der Waals surface area contributed by atoms with Crippen LogP contribution in [-0.4, -0.2) is 4.57 Å². The van der Waals surface area contributed by atoms with Crippen molar-refractivity contribution in [3.8, 4) is 39.1 Å². The van der Waals surface area contributed by atoms with Gasteiger partial charge in [0.1, 0.15) is 22.3 Å². The van der Waals surface area contributed by atoms with Gasteiger partial charge in [0.2, 0.25) is 0 Å². The fourth-order valence-corrected chi connectivity index (χ4v) is 7.38. The highest BCUT2D eigenvalue weighted by atomic mass is 16.3. The number of nitrogens with zero attached hydrogens (tertiary/aromatic N) is 1. The fraction of sp³-hybridized carbons (Fsp3) is 0. The lowest BCUT2D eigenvalue weighted by molar-refractivity contribution is 0.671. The summed E-state index contributed by atoms with van der Waals surface area (Å²) in [6.07, 6.45) is 0. The van der Waals surface area contributed by atoms with Crippen LogP contribution in [0.3, 0.4) is 0 Å². The van der Waals surface area contributed by atoms with Crippen molar-refractivity contribution < 1.29 is 8.83 Å². The minimum absolute atomic E-state index is 0.878. The van der Waals surface area contributed by atoms with Gasteiger partial charge in [-0.15, -0.1) is 0 Å². The Bertz CT molecular complexity index is 2780. The summed E-state index contributed by atoms with van der Waals surface area (Å²) in [5.74, 6) is 0. The molecule has 0 spiro atoms. The predicted molar refractivity (Wildman–Crippen MR) is 194 cm³/mol. The molecule has 3 nitrogen and oxygen atoms in total. The second-order valence-electron chi connectivity index (χ2n) is 12.0. The molecular formula is C44H27NO2. The molecular weight excluding hydrogens is 574 g/mol. The Hall–Kier alpha value is -6.32. The van der Waals surface area contributed by atoms with E-state index in [-0.39, 0.29) is 0 Å². The van der Waals surface area contributed by atoms with Gasteiger partial charge in [-0.25, -0.2) is 0 Å². The van der Waals surface area contributed by atoms with Crippen molar-refractivity contribution in [3.63, 3.8) is 0 Å². The van der Waals surface area contributed by atoms with Gasteiger partial charge in [-0.05, 0) is 47.0 Å². The summed E-state index contributed by atoms with van der Waals surface area (Å²) < 4.78 is 16.0. The molecule has 220 valence electrons. The summed E-state index contributed by atoms with van der Waals surface area (Å²) in [5, 5.41) is 4.41. The minimum Gasteiger partial charge on any atom is -0.455 e. The molecule has 0 aliphatic heterocycles. The Labute approximate surface area is 270 Å². The van der Waals surface area contributed by atoms with Gasteiger partial charge in [0.15, 0.2) is 5.58 Å². The molecule has 0 saturated carbocycles. The maximum Gasteiger partial charge on any atom is 0.161 e. The van der Waals surface area contributed by atoms with Crippen LogP contribution in [0, 0.1) is 0 Å². The number of aromatic nitrogens is 1. The normalized spacial score (nSPS) is 11.8. The first-order valence-corrected chi connectivity index (χ1v) is 15.9. The monoisotopic (exact) mass is 601 g/mol. The van der Waals surface area contributed by atoms with Crippen molar-refractivity contribution >= 4 is 54.9 Å².